The molecule has 1 saturated heterocycles. The number of hydrogen-bond acceptors (Lipinski definition) is 5. The zero-order valence-corrected chi connectivity index (χ0v) is 19.2. The van der Waals surface area contributed by atoms with Crippen molar-refractivity contribution in [1.82, 2.24) is 5.32 Å². The monoisotopic (exact) mass is 457 g/mol. The van der Waals surface area contributed by atoms with E-state index in [1.807, 2.05) is 68.4 Å². The predicted molar refractivity (Wildman–Crippen MR) is 128 cm³/mol. The molecule has 2 aromatic carbocycles. The minimum Gasteiger partial charge on any atom is -0.467 e. The van der Waals surface area contributed by atoms with Gasteiger partial charge in [0.2, 0.25) is 5.91 Å². The number of hydrogen-bond donors (Lipinski definition) is 1. The Balaban J connectivity index is 1.68. The molecule has 4 rings (SSSR count). The summed E-state index contributed by atoms with van der Waals surface area (Å²) in [4.78, 5) is 27.9. The number of benzene rings is 2. The molecule has 0 bridgehead atoms. The van der Waals surface area contributed by atoms with Crippen LogP contribution in [0.3, 0.4) is 0 Å². The van der Waals surface area contributed by atoms with Gasteiger partial charge in [0.25, 0.3) is 5.91 Å². The van der Waals surface area contributed by atoms with Gasteiger partial charge in [-0.1, -0.05) is 59.3 Å². The van der Waals surface area contributed by atoms with Crippen LogP contribution >= 0.6 is 11.8 Å². The molecule has 0 radical (unpaired) electrons. The number of nitrogens with one attached hydrogen (secondary N) is 1. The first-order valence-corrected chi connectivity index (χ1v) is 11.4. The van der Waals surface area contributed by atoms with E-state index in [4.69, 9.17) is 4.42 Å². The molecular formula is C26H23N3O3S. The summed E-state index contributed by atoms with van der Waals surface area (Å²) in [6.07, 6.45) is 2.02. The number of amides is 2. The third kappa shape index (κ3) is 5.02. The fourth-order valence-electron chi connectivity index (χ4n) is 3.64. The van der Waals surface area contributed by atoms with Crippen LogP contribution in [0.25, 0.3) is 0 Å². The molecule has 166 valence electrons. The molecule has 7 heteroatoms. The first-order chi connectivity index (χ1) is 16.0. The number of nitriles is 1. The number of anilines is 1. The Morgan fingerprint density at radius 3 is 2.58 bits per heavy atom. The van der Waals surface area contributed by atoms with Crippen LogP contribution in [-0.2, 0) is 22.6 Å². The van der Waals surface area contributed by atoms with Gasteiger partial charge in [0.1, 0.15) is 22.4 Å². The summed E-state index contributed by atoms with van der Waals surface area (Å²) in [6.45, 7) is 4.12. The highest BCUT2D eigenvalue weighted by atomic mass is 32.2. The zero-order valence-electron chi connectivity index (χ0n) is 18.4. The molecule has 1 N–H and O–H groups in total. The molecule has 3 aromatic rings. The fourth-order valence-corrected chi connectivity index (χ4v) is 4.95. The number of thioether (sulfide) groups is 1. The average molecular weight is 458 g/mol. The summed E-state index contributed by atoms with van der Waals surface area (Å²) in [7, 11) is 0. The second-order valence-electron chi connectivity index (χ2n) is 7.86. The van der Waals surface area contributed by atoms with E-state index in [-0.39, 0.29) is 18.0 Å². The number of nitrogens with zero attached hydrogens (tertiary/aromatic N) is 2. The van der Waals surface area contributed by atoms with Crippen molar-refractivity contribution in [2.45, 2.75) is 32.1 Å². The highest BCUT2D eigenvalue weighted by molar-refractivity contribution is 8.05. The average Bonchev–Trinajstić information content (AvgIpc) is 3.42. The van der Waals surface area contributed by atoms with E-state index in [0.717, 1.165) is 16.7 Å². The van der Waals surface area contributed by atoms with Gasteiger partial charge in [-0.3, -0.25) is 14.5 Å². The number of carbonyl (C=O) groups excluding carboxylic acids is 2. The second kappa shape index (κ2) is 9.80. The molecule has 0 aliphatic carbocycles. The Morgan fingerprint density at radius 2 is 1.91 bits per heavy atom. The van der Waals surface area contributed by atoms with Crippen LogP contribution in [-0.4, -0.2) is 17.1 Å². The lowest BCUT2D eigenvalue weighted by Crippen LogP contribution is -2.32. The van der Waals surface area contributed by atoms with Gasteiger partial charge in [-0.15, -0.1) is 0 Å². The van der Waals surface area contributed by atoms with Crippen LogP contribution < -0.4 is 10.2 Å². The SMILES string of the molecule is Cc1ccc(N2C(=O)[C@H](Cc3cccc(C)c3)S/C2=C(\C#N)C(=O)NCc2ccco2)cc1. The van der Waals surface area contributed by atoms with Gasteiger partial charge in [0.05, 0.1) is 18.1 Å². The van der Waals surface area contributed by atoms with Crippen molar-refractivity contribution in [3.63, 3.8) is 0 Å². The standard InChI is InChI=1S/C26H23N3O3S/c1-17-8-10-20(11-9-17)29-25(31)23(14-19-6-3-5-18(2)13-19)33-26(29)22(15-27)24(30)28-16-21-7-4-12-32-21/h3-13,23H,14,16H2,1-2H3,(H,28,30)/b26-22+/t23-/m0/s1. The Labute approximate surface area is 196 Å². The second-order valence-corrected chi connectivity index (χ2v) is 9.05. The van der Waals surface area contributed by atoms with Crippen LogP contribution in [0.5, 0.6) is 0 Å². The van der Waals surface area contributed by atoms with Crippen molar-refractivity contribution >= 4 is 29.3 Å². The molecule has 1 aromatic heterocycles. The zero-order chi connectivity index (χ0) is 23.4. The van der Waals surface area contributed by atoms with Gasteiger partial charge in [-0.2, -0.15) is 5.26 Å². The summed E-state index contributed by atoms with van der Waals surface area (Å²) in [6, 6.07) is 21.0. The van der Waals surface area contributed by atoms with Crippen molar-refractivity contribution in [2.24, 2.45) is 0 Å². The highest BCUT2D eigenvalue weighted by Crippen LogP contribution is 2.42. The number of furan rings is 1. The normalized spacial score (nSPS) is 17.1. The largest absolute Gasteiger partial charge is 0.467 e. The molecular weight excluding hydrogens is 434 g/mol. The quantitative estimate of drug-likeness (QED) is 0.431. The smallest absolute Gasteiger partial charge is 0.265 e. The van der Waals surface area contributed by atoms with Crippen LogP contribution in [0.15, 0.2) is 81.9 Å². The topological polar surface area (TPSA) is 86.3 Å². The van der Waals surface area contributed by atoms with Crippen LogP contribution in [0.1, 0.15) is 22.5 Å². The van der Waals surface area contributed by atoms with Crippen LogP contribution in [0.2, 0.25) is 0 Å². The molecule has 1 aliphatic heterocycles. The lowest BCUT2D eigenvalue weighted by atomic mass is 10.1. The molecule has 0 spiro atoms. The molecule has 2 heterocycles. The number of carbonyl (C=O) groups is 2. The first-order valence-electron chi connectivity index (χ1n) is 10.5. The molecule has 1 atom stereocenters. The Kier molecular flexibility index (Phi) is 6.66. The van der Waals surface area contributed by atoms with Crippen molar-refractivity contribution in [3.05, 3.63) is 100.0 Å². The van der Waals surface area contributed by atoms with E-state index in [9.17, 15) is 14.9 Å². The number of rotatable bonds is 6. The first kappa shape index (κ1) is 22.4. The van der Waals surface area contributed by atoms with Crippen LogP contribution in [0.4, 0.5) is 5.69 Å². The number of aryl methyl sites for hydroxylation is 2. The molecule has 33 heavy (non-hydrogen) atoms. The van der Waals surface area contributed by atoms with E-state index in [1.54, 1.807) is 12.1 Å². The van der Waals surface area contributed by atoms with Gasteiger partial charge in [0.15, 0.2) is 0 Å². The van der Waals surface area contributed by atoms with Gasteiger partial charge in [-0.05, 0) is 50.1 Å². The molecule has 1 aliphatic rings. The third-order valence-electron chi connectivity index (χ3n) is 5.30. The van der Waals surface area contributed by atoms with E-state index in [1.165, 1.54) is 22.9 Å². The summed E-state index contributed by atoms with van der Waals surface area (Å²) in [5.74, 6) is -0.113. The molecule has 0 unspecified atom stereocenters. The summed E-state index contributed by atoms with van der Waals surface area (Å²) in [5, 5.41) is 12.5. The minimum atomic E-state index is -0.544. The minimum absolute atomic E-state index is 0.0905. The Hall–Kier alpha value is -3.76. The highest BCUT2D eigenvalue weighted by Gasteiger charge is 2.40. The third-order valence-corrected chi connectivity index (χ3v) is 6.57. The maximum absolute atomic E-state index is 13.5. The lowest BCUT2D eigenvalue weighted by Gasteiger charge is -2.19. The van der Waals surface area contributed by atoms with E-state index < -0.39 is 11.2 Å². The van der Waals surface area contributed by atoms with Gasteiger partial charge in [0, 0.05) is 5.69 Å². The molecule has 6 nitrogen and oxygen atoms in total. The summed E-state index contributed by atoms with van der Waals surface area (Å²) >= 11 is 1.26. The van der Waals surface area contributed by atoms with Crippen molar-refractivity contribution in [2.75, 3.05) is 4.90 Å². The molecule has 2 amide bonds. The van der Waals surface area contributed by atoms with Crippen LogP contribution in [0, 0.1) is 25.2 Å². The Bertz CT molecular complexity index is 1240. The predicted octanol–water partition coefficient (Wildman–Crippen LogP) is 4.64. The van der Waals surface area contributed by atoms with Gasteiger partial charge >= 0.3 is 0 Å². The van der Waals surface area contributed by atoms with Crippen molar-refractivity contribution < 1.29 is 14.0 Å². The summed E-state index contributed by atoms with van der Waals surface area (Å²) < 4.78 is 5.25. The summed E-state index contributed by atoms with van der Waals surface area (Å²) in [5.41, 5.74) is 3.74. The van der Waals surface area contributed by atoms with E-state index >= 15 is 0 Å². The van der Waals surface area contributed by atoms with Gasteiger partial charge < -0.3 is 9.73 Å². The lowest BCUT2D eigenvalue weighted by molar-refractivity contribution is -0.117. The van der Waals surface area contributed by atoms with Crippen molar-refractivity contribution in [3.8, 4) is 6.07 Å². The molecule has 1 fully saturated rings. The fraction of sp³-hybridized carbons (Fsp3) is 0.192. The Morgan fingerprint density at radius 1 is 1.12 bits per heavy atom. The van der Waals surface area contributed by atoms with E-state index in [2.05, 4.69) is 5.32 Å². The van der Waals surface area contributed by atoms with Gasteiger partial charge in [-0.25, -0.2) is 0 Å². The van der Waals surface area contributed by atoms with Crippen molar-refractivity contribution in [1.29, 1.82) is 5.26 Å². The van der Waals surface area contributed by atoms with E-state index in [0.29, 0.717) is 22.9 Å². The maximum Gasteiger partial charge on any atom is 0.265 e. The molecule has 0 saturated carbocycles. The maximum atomic E-state index is 13.5.